The molecule has 0 bridgehead atoms. The van der Waals surface area contributed by atoms with Crippen LogP contribution in [0, 0.1) is 5.92 Å². The second kappa shape index (κ2) is 9.35. The number of hydrogen-bond donors (Lipinski definition) is 2. The molecule has 0 spiro atoms. The van der Waals surface area contributed by atoms with Gasteiger partial charge in [-0.25, -0.2) is 0 Å². The third-order valence-corrected chi connectivity index (χ3v) is 5.23. The first kappa shape index (κ1) is 19.9. The van der Waals surface area contributed by atoms with Crippen molar-refractivity contribution in [1.82, 2.24) is 19.6 Å². The van der Waals surface area contributed by atoms with Crippen LogP contribution in [0.5, 0.6) is 0 Å². The highest BCUT2D eigenvalue weighted by Gasteiger charge is 2.19. The Labute approximate surface area is 162 Å². The summed E-state index contributed by atoms with van der Waals surface area (Å²) < 4.78 is 7.30. The van der Waals surface area contributed by atoms with Gasteiger partial charge in [0.25, 0.3) is 0 Å². The zero-order valence-corrected chi connectivity index (χ0v) is 17.2. The quantitative estimate of drug-likeness (QED) is 0.689. The van der Waals surface area contributed by atoms with E-state index in [1.165, 1.54) is 19.3 Å². The summed E-state index contributed by atoms with van der Waals surface area (Å²) in [5, 5.41) is 11.6. The summed E-state index contributed by atoms with van der Waals surface area (Å²) in [6, 6.07) is 0.364. The van der Waals surface area contributed by atoms with E-state index in [0.29, 0.717) is 23.8 Å². The molecule has 2 aromatic rings. The van der Waals surface area contributed by atoms with Crippen LogP contribution in [0.4, 0.5) is 11.9 Å². The van der Waals surface area contributed by atoms with Crippen LogP contribution in [0.1, 0.15) is 71.3 Å². The van der Waals surface area contributed by atoms with E-state index in [1.54, 1.807) is 0 Å². The molecule has 2 aromatic heterocycles. The molecule has 1 saturated heterocycles. The number of anilines is 2. The molecule has 3 rings (SSSR count). The van der Waals surface area contributed by atoms with Crippen LogP contribution in [-0.2, 0) is 4.74 Å². The van der Waals surface area contributed by atoms with Crippen molar-refractivity contribution in [1.29, 1.82) is 0 Å². The lowest BCUT2D eigenvalue weighted by molar-refractivity contribution is 0.0903. The number of nitrogens with one attached hydrogen (secondary N) is 2. The predicted octanol–water partition coefficient (Wildman–Crippen LogP) is 4.08. The number of unbranched alkanes of at least 4 members (excludes halogenated alkanes) is 1. The molecule has 0 amide bonds. The van der Waals surface area contributed by atoms with Crippen LogP contribution in [-0.4, -0.2) is 45.4 Å². The summed E-state index contributed by atoms with van der Waals surface area (Å²) >= 11 is 0. The maximum absolute atomic E-state index is 5.46. The van der Waals surface area contributed by atoms with Gasteiger partial charge in [-0.2, -0.15) is 19.6 Å². The molecule has 7 nitrogen and oxygen atoms in total. The van der Waals surface area contributed by atoms with E-state index in [2.05, 4.69) is 43.4 Å². The van der Waals surface area contributed by atoms with E-state index in [-0.39, 0.29) is 0 Å². The normalized spacial score (nSPS) is 16.8. The number of hydrogen-bond acceptors (Lipinski definition) is 6. The van der Waals surface area contributed by atoms with Crippen molar-refractivity contribution in [3.8, 4) is 0 Å². The number of ether oxygens (including phenoxy) is 1. The molecule has 3 heterocycles. The average Bonchev–Trinajstić information content (AvgIpc) is 3.09. The number of fused-ring (bicyclic) bond motifs is 1. The van der Waals surface area contributed by atoms with Crippen molar-refractivity contribution in [3.63, 3.8) is 0 Å². The van der Waals surface area contributed by atoms with Crippen molar-refractivity contribution in [2.45, 2.75) is 71.8 Å². The smallest absolute Gasteiger partial charge is 0.229 e. The highest BCUT2D eigenvalue weighted by Crippen LogP contribution is 2.23. The molecule has 1 unspecified atom stereocenters. The molecule has 0 aromatic carbocycles. The number of rotatable bonds is 9. The van der Waals surface area contributed by atoms with Crippen molar-refractivity contribution < 1.29 is 4.74 Å². The molecular formula is C20H34N6O. The van der Waals surface area contributed by atoms with E-state index >= 15 is 0 Å². The average molecular weight is 375 g/mol. The van der Waals surface area contributed by atoms with Crippen LogP contribution >= 0.6 is 0 Å². The summed E-state index contributed by atoms with van der Waals surface area (Å²) in [6.45, 7) is 11.3. The van der Waals surface area contributed by atoms with Crippen LogP contribution in [0.25, 0.3) is 5.65 Å². The van der Waals surface area contributed by atoms with Gasteiger partial charge in [-0.3, -0.25) is 0 Å². The second-order valence-corrected chi connectivity index (χ2v) is 8.02. The number of nitrogens with zero attached hydrogens (tertiary/aromatic N) is 4. The summed E-state index contributed by atoms with van der Waals surface area (Å²) in [7, 11) is 0. The molecule has 7 heteroatoms. The van der Waals surface area contributed by atoms with E-state index in [4.69, 9.17) is 14.7 Å². The minimum absolute atomic E-state index is 0.364. The van der Waals surface area contributed by atoms with E-state index in [1.807, 2.05) is 10.7 Å². The Balaban J connectivity index is 1.83. The molecule has 0 saturated carbocycles. The highest BCUT2D eigenvalue weighted by atomic mass is 16.5. The molecule has 0 aliphatic carbocycles. The first-order valence-corrected chi connectivity index (χ1v) is 10.4. The topological polar surface area (TPSA) is 76.4 Å². The molecule has 27 heavy (non-hydrogen) atoms. The SMILES string of the molecule is CCCCC(C)CNc1nc(NC2CCOCC2)nc2c(C(C)C)cnn12. The fourth-order valence-corrected chi connectivity index (χ4v) is 3.43. The lowest BCUT2D eigenvalue weighted by Gasteiger charge is -2.23. The first-order chi connectivity index (χ1) is 13.1. The van der Waals surface area contributed by atoms with Gasteiger partial charge in [0.2, 0.25) is 11.9 Å². The summed E-state index contributed by atoms with van der Waals surface area (Å²) in [5.41, 5.74) is 2.03. The largest absolute Gasteiger partial charge is 0.381 e. The Morgan fingerprint density at radius 1 is 1.22 bits per heavy atom. The van der Waals surface area contributed by atoms with Crippen LogP contribution < -0.4 is 10.6 Å². The van der Waals surface area contributed by atoms with Crippen LogP contribution in [0.15, 0.2) is 6.20 Å². The minimum atomic E-state index is 0.364. The van der Waals surface area contributed by atoms with Gasteiger partial charge in [0.05, 0.1) is 6.20 Å². The molecule has 1 aliphatic rings. The third-order valence-electron chi connectivity index (χ3n) is 5.23. The summed E-state index contributed by atoms with van der Waals surface area (Å²) in [5.74, 6) is 2.41. The number of aromatic nitrogens is 4. The standard InChI is InChI=1S/C20H34N6O/c1-5-6-7-15(4)12-21-20-25-19(23-16-8-10-27-11-9-16)24-18-17(14(2)3)13-22-26(18)20/h13-16H,5-12H2,1-4H3,(H2,21,23,24,25). The maximum Gasteiger partial charge on any atom is 0.229 e. The summed E-state index contributed by atoms with van der Waals surface area (Å²) in [6.07, 6.45) is 7.61. The Morgan fingerprint density at radius 2 is 2.00 bits per heavy atom. The van der Waals surface area contributed by atoms with E-state index in [9.17, 15) is 0 Å². The lowest BCUT2D eigenvalue weighted by Crippen LogP contribution is -2.29. The van der Waals surface area contributed by atoms with Gasteiger partial charge in [-0.15, -0.1) is 0 Å². The van der Waals surface area contributed by atoms with Crippen molar-refractivity contribution >= 4 is 17.5 Å². The zero-order valence-electron chi connectivity index (χ0n) is 17.2. The molecule has 150 valence electrons. The fourth-order valence-electron chi connectivity index (χ4n) is 3.43. The second-order valence-electron chi connectivity index (χ2n) is 8.02. The first-order valence-electron chi connectivity index (χ1n) is 10.4. The van der Waals surface area contributed by atoms with E-state index in [0.717, 1.165) is 49.8 Å². The van der Waals surface area contributed by atoms with Gasteiger partial charge in [0.15, 0.2) is 5.65 Å². The highest BCUT2D eigenvalue weighted by molar-refractivity contribution is 5.55. The molecule has 0 radical (unpaired) electrons. The van der Waals surface area contributed by atoms with Gasteiger partial charge in [-0.1, -0.05) is 40.5 Å². The molecule has 2 N–H and O–H groups in total. The van der Waals surface area contributed by atoms with Crippen LogP contribution in [0.2, 0.25) is 0 Å². The monoisotopic (exact) mass is 374 g/mol. The molecule has 1 fully saturated rings. The van der Waals surface area contributed by atoms with Gasteiger partial charge < -0.3 is 15.4 Å². The van der Waals surface area contributed by atoms with Crippen molar-refractivity contribution in [3.05, 3.63) is 11.8 Å². The van der Waals surface area contributed by atoms with Gasteiger partial charge >= 0.3 is 0 Å². The van der Waals surface area contributed by atoms with Crippen LogP contribution in [0.3, 0.4) is 0 Å². The Morgan fingerprint density at radius 3 is 2.70 bits per heavy atom. The lowest BCUT2D eigenvalue weighted by atomic mass is 10.0. The van der Waals surface area contributed by atoms with Gasteiger partial charge in [0, 0.05) is 31.4 Å². The molecular weight excluding hydrogens is 340 g/mol. The van der Waals surface area contributed by atoms with Crippen molar-refractivity contribution in [2.75, 3.05) is 30.4 Å². The third kappa shape index (κ3) is 5.09. The molecule has 1 atom stereocenters. The van der Waals surface area contributed by atoms with Crippen molar-refractivity contribution in [2.24, 2.45) is 5.92 Å². The predicted molar refractivity (Wildman–Crippen MR) is 110 cm³/mol. The Kier molecular flexibility index (Phi) is 6.88. The minimum Gasteiger partial charge on any atom is -0.381 e. The van der Waals surface area contributed by atoms with E-state index < -0.39 is 0 Å². The molecule has 1 aliphatic heterocycles. The fraction of sp³-hybridized carbons (Fsp3) is 0.750. The summed E-state index contributed by atoms with van der Waals surface area (Å²) in [4.78, 5) is 9.53. The Hall–Kier alpha value is -1.89. The maximum atomic E-state index is 5.46. The zero-order chi connectivity index (χ0) is 19.2. The van der Waals surface area contributed by atoms with Gasteiger partial charge in [0.1, 0.15) is 0 Å². The van der Waals surface area contributed by atoms with Gasteiger partial charge in [-0.05, 0) is 31.1 Å². The Bertz CT molecular complexity index is 723.